The van der Waals surface area contributed by atoms with Crippen molar-refractivity contribution >= 4 is 17.6 Å². The minimum absolute atomic E-state index is 0.0721. The third-order valence-electron chi connectivity index (χ3n) is 7.50. The van der Waals surface area contributed by atoms with Gasteiger partial charge in [0.15, 0.2) is 5.82 Å². The standard InChI is InChI=1S/C24H38N6O2/c1-4-28-12-8-18(9-13-28)15-22(32)30-11-6-5-7-21(30)24-26-20-16-29(17(2)31)14-10-19(20)23(25-3)27-24/h18,21H,4-16H2,1-3H3,(H,25,26,27)/t21-/m1/s1. The van der Waals surface area contributed by atoms with Gasteiger partial charge in [0, 0.05) is 39.0 Å². The molecule has 32 heavy (non-hydrogen) atoms. The van der Waals surface area contributed by atoms with Crippen molar-refractivity contribution in [2.45, 2.75) is 71.4 Å². The van der Waals surface area contributed by atoms with E-state index in [0.29, 0.717) is 25.4 Å². The van der Waals surface area contributed by atoms with Crippen molar-refractivity contribution in [3.8, 4) is 0 Å². The highest BCUT2D eigenvalue weighted by molar-refractivity contribution is 5.77. The predicted octanol–water partition coefficient (Wildman–Crippen LogP) is 2.60. The molecule has 1 atom stereocenters. The second kappa shape index (κ2) is 10.1. The molecule has 4 rings (SSSR count). The number of nitrogens with zero attached hydrogens (tertiary/aromatic N) is 5. The van der Waals surface area contributed by atoms with Crippen LogP contribution in [0.3, 0.4) is 0 Å². The number of anilines is 1. The van der Waals surface area contributed by atoms with E-state index >= 15 is 0 Å². The van der Waals surface area contributed by atoms with Crippen molar-refractivity contribution in [3.63, 3.8) is 0 Å². The molecule has 8 heteroatoms. The maximum absolute atomic E-state index is 13.4. The average molecular weight is 443 g/mol. The predicted molar refractivity (Wildman–Crippen MR) is 124 cm³/mol. The van der Waals surface area contributed by atoms with Gasteiger partial charge in [-0.3, -0.25) is 9.59 Å². The number of nitrogens with one attached hydrogen (secondary N) is 1. The lowest BCUT2D eigenvalue weighted by atomic mass is 9.91. The van der Waals surface area contributed by atoms with Crippen LogP contribution >= 0.6 is 0 Å². The lowest BCUT2D eigenvalue weighted by molar-refractivity contribution is -0.136. The SMILES string of the molecule is CCN1CCC(CC(=O)N2CCCC[C@@H]2c2nc3c(c(NC)n2)CCN(C(C)=O)C3)CC1. The first-order valence-electron chi connectivity index (χ1n) is 12.3. The molecule has 1 N–H and O–H groups in total. The lowest BCUT2D eigenvalue weighted by Crippen LogP contribution is -2.42. The normalized spacial score (nSPS) is 22.5. The Labute approximate surface area is 191 Å². The highest BCUT2D eigenvalue weighted by atomic mass is 16.2. The zero-order valence-corrected chi connectivity index (χ0v) is 19.9. The fraction of sp³-hybridized carbons (Fsp3) is 0.750. The number of fused-ring (bicyclic) bond motifs is 1. The van der Waals surface area contributed by atoms with Crippen LogP contribution in [0.15, 0.2) is 0 Å². The molecule has 0 saturated carbocycles. The highest BCUT2D eigenvalue weighted by Gasteiger charge is 2.33. The summed E-state index contributed by atoms with van der Waals surface area (Å²) in [6, 6.07) is -0.0721. The number of amides is 2. The zero-order chi connectivity index (χ0) is 22.7. The Kier molecular flexibility index (Phi) is 7.28. The summed E-state index contributed by atoms with van der Waals surface area (Å²) in [5.74, 6) is 2.38. The van der Waals surface area contributed by atoms with Crippen LogP contribution < -0.4 is 5.32 Å². The van der Waals surface area contributed by atoms with Crippen LogP contribution in [-0.2, 0) is 22.6 Å². The summed E-state index contributed by atoms with van der Waals surface area (Å²) >= 11 is 0. The molecule has 2 amide bonds. The molecule has 1 aromatic heterocycles. The molecule has 0 aromatic carbocycles. The van der Waals surface area contributed by atoms with E-state index in [1.54, 1.807) is 6.92 Å². The molecule has 0 spiro atoms. The molecule has 4 heterocycles. The first-order valence-corrected chi connectivity index (χ1v) is 12.3. The molecule has 3 aliphatic heterocycles. The van der Waals surface area contributed by atoms with Gasteiger partial charge in [0.2, 0.25) is 11.8 Å². The molecule has 2 fully saturated rings. The maximum atomic E-state index is 13.4. The molecule has 0 aliphatic carbocycles. The molecule has 1 aromatic rings. The topological polar surface area (TPSA) is 81.7 Å². The number of hydrogen-bond donors (Lipinski definition) is 1. The molecular weight excluding hydrogens is 404 g/mol. The molecule has 0 unspecified atom stereocenters. The van der Waals surface area contributed by atoms with Gasteiger partial charge in [0.05, 0.1) is 18.3 Å². The molecule has 0 bridgehead atoms. The van der Waals surface area contributed by atoms with Crippen molar-refractivity contribution in [2.75, 3.05) is 45.1 Å². The van der Waals surface area contributed by atoms with Gasteiger partial charge in [-0.15, -0.1) is 0 Å². The Morgan fingerprint density at radius 1 is 1.06 bits per heavy atom. The Hall–Kier alpha value is -2.22. The fourth-order valence-electron chi connectivity index (χ4n) is 5.44. The quantitative estimate of drug-likeness (QED) is 0.755. The molecule has 8 nitrogen and oxygen atoms in total. The van der Waals surface area contributed by atoms with Crippen LogP contribution in [0.1, 0.15) is 75.5 Å². The monoisotopic (exact) mass is 442 g/mol. The number of piperidine rings is 2. The van der Waals surface area contributed by atoms with Crippen LogP contribution in [0.2, 0.25) is 0 Å². The van der Waals surface area contributed by atoms with Crippen LogP contribution in [0.5, 0.6) is 0 Å². The van der Waals surface area contributed by atoms with E-state index in [4.69, 9.17) is 9.97 Å². The summed E-state index contributed by atoms with van der Waals surface area (Å²) in [5.41, 5.74) is 2.02. The average Bonchev–Trinajstić information content (AvgIpc) is 2.83. The molecule has 176 valence electrons. The fourth-order valence-corrected chi connectivity index (χ4v) is 5.44. The van der Waals surface area contributed by atoms with Gasteiger partial charge in [0.1, 0.15) is 5.82 Å². The van der Waals surface area contributed by atoms with Gasteiger partial charge in [-0.25, -0.2) is 9.97 Å². The maximum Gasteiger partial charge on any atom is 0.223 e. The Morgan fingerprint density at radius 2 is 1.84 bits per heavy atom. The molecular formula is C24H38N6O2. The summed E-state index contributed by atoms with van der Waals surface area (Å²) in [6.45, 7) is 9.12. The number of likely N-dealkylation sites (tertiary alicyclic amines) is 2. The van der Waals surface area contributed by atoms with E-state index in [1.165, 1.54) is 0 Å². The van der Waals surface area contributed by atoms with E-state index in [-0.39, 0.29) is 17.9 Å². The molecule has 3 aliphatic rings. The van der Waals surface area contributed by atoms with Crippen LogP contribution in [0.25, 0.3) is 0 Å². The van der Waals surface area contributed by atoms with Crippen LogP contribution in [0.4, 0.5) is 5.82 Å². The second-order valence-electron chi connectivity index (χ2n) is 9.48. The third kappa shape index (κ3) is 4.90. The van der Waals surface area contributed by atoms with Crippen molar-refractivity contribution in [1.82, 2.24) is 24.7 Å². The molecule has 2 saturated heterocycles. The van der Waals surface area contributed by atoms with Gasteiger partial charge in [-0.2, -0.15) is 0 Å². The van der Waals surface area contributed by atoms with E-state index in [0.717, 1.165) is 87.6 Å². The van der Waals surface area contributed by atoms with Gasteiger partial charge < -0.3 is 20.0 Å². The molecule has 0 radical (unpaired) electrons. The van der Waals surface area contributed by atoms with Crippen LogP contribution in [0, 0.1) is 5.92 Å². The van der Waals surface area contributed by atoms with Crippen molar-refractivity contribution in [2.24, 2.45) is 5.92 Å². The van der Waals surface area contributed by atoms with E-state index in [1.807, 2.05) is 16.8 Å². The van der Waals surface area contributed by atoms with E-state index in [9.17, 15) is 9.59 Å². The Balaban J connectivity index is 1.52. The van der Waals surface area contributed by atoms with Crippen molar-refractivity contribution < 1.29 is 9.59 Å². The number of aromatic nitrogens is 2. The Morgan fingerprint density at radius 3 is 2.53 bits per heavy atom. The second-order valence-corrected chi connectivity index (χ2v) is 9.48. The third-order valence-corrected chi connectivity index (χ3v) is 7.50. The summed E-state index contributed by atoms with van der Waals surface area (Å²) < 4.78 is 0. The van der Waals surface area contributed by atoms with E-state index < -0.39 is 0 Å². The Bertz CT molecular complexity index is 836. The lowest BCUT2D eigenvalue weighted by Gasteiger charge is -2.37. The minimum atomic E-state index is -0.0721. The number of carbonyl (C=O) groups is 2. The number of hydrogen-bond acceptors (Lipinski definition) is 6. The van der Waals surface area contributed by atoms with Gasteiger partial charge in [0.25, 0.3) is 0 Å². The summed E-state index contributed by atoms with van der Waals surface area (Å²) in [7, 11) is 1.89. The largest absolute Gasteiger partial charge is 0.373 e. The minimum Gasteiger partial charge on any atom is -0.373 e. The summed E-state index contributed by atoms with van der Waals surface area (Å²) in [4.78, 5) is 41.5. The van der Waals surface area contributed by atoms with Crippen molar-refractivity contribution in [3.05, 3.63) is 17.1 Å². The van der Waals surface area contributed by atoms with Gasteiger partial charge in [-0.1, -0.05) is 6.92 Å². The van der Waals surface area contributed by atoms with E-state index in [2.05, 4.69) is 17.1 Å². The first kappa shape index (κ1) is 23.0. The number of rotatable bonds is 5. The smallest absolute Gasteiger partial charge is 0.223 e. The van der Waals surface area contributed by atoms with Gasteiger partial charge >= 0.3 is 0 Å². The highest BCUT2D eigenvalue weighted by Crippen LogP contribution is 2.34. The summed E-state index contributed by atoms with van der Waals surface area (Å²) in [6.07, 6.45) is 6.64. The first-order chi connectivity index (χ1) is 15.5. The van der Waals surface area contributed by atoms with Crippen molar-refractivity contribution in [1.29, 1.82) is 0 Å². The zero-order valence-electron chi connectivity index (χ0n) is 19.9. The van der Waals surface area contributed by atoms with Gasteiger partial charge in [-0.05, 0) is 64.1 Å². The summed E-state index contributed by atoms with van der Waals surface area (Å²) in [5, 5.41) is 3.24. The van der Waals surface area contributed by atoms with Crippen LogP contribution in [-0.4, -0.2) is 76.3 Å². The number of carbonyl (C=O) groups excluding carboxylic acids is 2.